The molecule has 2 N–H and O–H groups in total. The van der Waals surface area contributed by atoms with E-state index in [1.165, 1.54) is 0 Å². The number of aliphatic carboxylic acids is 1. The van der Waals surface area contributed by atoms with Crippen molar-refractivity contribution >= 4 is 16.0 Å². The molecule has 1 aromatic carbocycles. The van der Waals surface area contributed by atoms with E-state index in [9.17, 15) is 13.2 Å². The number of piperidine rings is 1. The molecule has 1 aliphatic rings. The zero-order valence-corrected chi connectivity index (χ0v) is 14.3. The maximum absolute atomic E-state index is 12.3. The number of carboxylic acids is 1. The van der Waals surface area contributed by atoms with Crippen molar-refractivity contribution in [3.05, 3.63) is 29.8 Å². The highest BCUT2D eigenvalue weighted by Crippen LogP contribution is 2.19. The highest BCUT2D eigenvalue weighted by Gasteiger charge is 2.28. The number of rotatable bonds is 6. The lowest BCUT2D eigenvalue weighted by atomic mass is 9.97. The molecule has 1 aliphatic heterocycles. The summed E-state index contributed by atoms with van der Waals surface area (Å²) < 4.78 is 27.2. The van der Waals surface area contributed by atoms with E-state index in [1.807, 2.05) is 11.8 Å². The molecule has 1 fully saturated rings. The average molecular weight is 340 g/mol. The standard InChI is InChI=1S/C16H24N2O4S/c1-12-5-7-15(8-6-12)23(21,22)17-10-14-4-3-9-18(11-14)13(2)16(19)20/h5-8,13-14,17H,3-4,9-11H2,1-2H3,(H,19,20)/t13-,14-/m1/s1. The smallest absolute Gasteiger partial charge is 0.320 e. The van der Waals surface area contributed by atoms with E-state index in [2.05, 4.69) is 4.72 Å². The van der Waals surface area contributed by atoms with Crippen molar-refractivity contribution in [1.29, 1.82) is 0 Å². The van der Waals surface area contributed by atoms with Crippen LogP contribution in [-0.4, -0.2) is 50.1 Å². The number of benzene rings is 1. The quantitative estimate of drug-likeness (QED) is 0.819. The zero-order valence-electron chi connectivity index (χ0n) is 13.5. The van der Waals surface area contributed by atoms with Crippen molar-refractivity contribution in [2.75, 3.05) is 19.6 Å². The van der Waals surface area contributed by atoms with Crippen LogP contribution in [-0.2, 0) is 14.8 Å². The number of hydrogen-bond acceptors (Lipinski definition) is 4. The molecule has 0 radical (unpaired) electrons. The molecule has 0 amide bonds. The van der Waals surface area contributed by atoms with Crippen molar-refractivity contribution < 1.29 is 18.3 Å². The number of nitrogens with zero attached hydrogens (tertiary/aromatic N) is 1. The molecule has 0 saturated carbocycles. The van der Waals surface area contributed by atoms with Gasteiger partial charge in [-0.05, 0) is 51.3 Å². The number of aryl methyl sites for hydroxylation is 1. The predicted molar refractivity (Wildman–Crippen MR) is 87.8 cm³/mol. The van der Waals surface area contributed by atoms with Gasteiger partial charge < -0.3 is 5.11 Å². The third-order valence-corrected chi connectivity index (χ3v) is 5.79. The van der Waals surface area contributed by atoms with Crippen molar-refractivity contribution in [2.45, 2.75) is 37.6 Å². The Morgan fingerprint density at radius 3 is 2.65 bits per heavy atom. The van der Waals surface area contributed by atoms with Crippen LogP contribution in [0.15, 0.2) is 29.2 Å². The van der Waals surface area contributed by atoms with Crippen molar-refractivity contribution in [3.63, 3.8) is 0 Å². The number of carbonyl (C=O) groups is 1. The minimum Gasteiger partial charge on any atom is -0.480 e. The number of hydrogen-bond donors (Lipinski definition) is 2. The number of sulfonamides is 1. The normalized spacial score (nSPS) is 21.0. The molecule has 1 heterocycles. The van der Waals surface area contributed by atoms with Crippen molar-refractivity contribution in [3.8, 4) is 0 Å². The van der Waals surface area contributed by atoms with E-state index in [1.54, 1.807) is 31.2 Å². The minimum atomic E-state index is -3.52. The summed E-state index contributed by atoms with van der Waals surface area (Å²) in [5.41, 5.74) is 1.01. The Hall–Kier alpha value is -1.44. The van der Waals surface area contributed by atoms with Crippen LogP contribution >= 0.6 is 0 Å². The van der Waals surface area contributed by atoms with Crippen LogP contribution < -0.4 is 4.72 Å². The Balaban J connectivity index is 1.94. The number of likely N-dealkylation sites (tertiary alicyclic amines) is 1. The van der Waals surface area contributed by atoms with E-state index in [0.717, 1.165) is 24.9 Å². The SMILES string of the molecule is Cc1ccc(S(=O)(=O)NC[C@H]2CCCN([C@H](C)C(=O)O)C2)cc1. The molecule has 2 rings (SSSR count). The molecule has 2 atom stereocenters. The lowest BCUT2D eigenvalue weighted by Crippen LogP contribution is -2.47. The summed E-state index contributed by atoms with van der Waals surface area (Å²) >= 11 is 0. The van der Waals surface area contributed by atoms with Crippen LogP contribution in [0.25, 0.3) is 0 Å². The molecule has 1 aromatic rings. The van der Waals surface area contributed by atoms with E-state index < -0.39 is 22.0 Å². The van der Waals surface area contributed by atoms with E-state index in [0.29, 0.717) is 13.1 Å². The van der Waals surface area contributed by atoms with Gasteiger partial charge in [0.2, 0.25) is 10.0 Å². The zero-order chi connectivity index (χ0) is 17.0. The summed E-state index contributed by atoms with van der Waals surface area (Å²) in [6, 6.07) is 6.19. The summed E-state index contributed by atoms with van der Waals surface area (Å²) in [7, 11) is -3.52. The summed E-state index contributed by atoms with van der Waals surface area (Å²) in [4.78, 5) is 13.2. The Morgan fingerprint density at radius 1 is 1.39 bits per heavy atom. The second-order valence-electron chi connectivity index (χ2n) is 6.18. The molecule has 0 bridgehead atoms. The van der Waals surface area contributed by atoms with Gasteiger partial charge in [-0.3, -0.25) is 9.69 Å². The van der Waals surface area contributed by atoms with E-state index in [-0.39, 0.29) is 10.8 Å². The van der Waals surface area contributed by atoms with E-state index in [4.69, 9.17) is 5.11 Å². The van der Waals surface area contributed by atoms with Crippen LogP contribution in [0, 0.1) is 12.8 Å². The van der Waals surface area contributed by atoms with Crippen molar-refractivity contribution in [2.24, 2.45) is 5.92 Å². The largest absolute Gasteiger partial charge is 0.480 e. The second-order valence-corrected chi connectivity index (χ2v) is 7.95. The van der Waals surface area contributed by atoms with Gasteiger partial charge in [0.1, 0.15) is 6.04 Å². The molecule has 0 unspecified atom stereocenters. The molecular weight excluding hydrogens is 316 g/mol. The number of carboxylic acid groups (broad SMARTS) is 1. The molecule has 0 aromatic heterocycles. The predicted octanol–water partition coefficient (Wildman–Crippen LogP) is 1.46. The fourth-order valence-electron chi connectivity index (χ4n) is 2.80. The Morgan fingerprint density at radius 2 is 2.04 bits per heavy atom. The monoisotopic (exact) mass is 340 g/mol. The second kappa shape index (κ2) is 7.42. The number of nitrogens with one attached hydrogen (secondary N) is 1. The van der Waals surface area contributed by atoms with Crippen molar-refractivity contribution in [1.82, 2.24) is 9.62 Å². The third-order valence-electron chi connectivity index (χ3n) is 4.35. The fourth-order valence-corrected chi connectivity index (χ4v) is 3.92. The summed E-state index contributed by atoms with van der Waals surface area (Å²) in [6.45, 7) is 5.25. The molecule has 1 saturated heterocycles. The molecule has 23 heavy (non-hydrogen) atoms. The van der Waals surface area contributed by atoms with Gasteiger partial charge in [-0.15, -0.1) is 0 Å². The first kappa shape index (κ1) is 17.9. The van der Waals surface area contributed by atoms with Crippen LogP contribution in [0.4, 0.5) is 0 Å². The molecule has 6 nitrogen and oxygen atoms in total. The lowest BCUT2D eigenvalue weighted by molar-refractivity contribution is -0.143. The van der Waals surface area contributed by atoms with Gasteiger partial charge in [0.05, 0.1) is 4.90 Å². The first-order valence-corrected chi connectivity index (χ1v) is 9.31. The maximum Gasteiger partial charge on any atom is 0.320 e. The van der Waals surface area contributed by atoms with Gasteiger partial charge in [0, 0.05) is 13.1 Å². The Kier molecular flexibility index (Phi) is 5.78. The van der Waals surface area contributed by atoms with Crippen LogP contribution in [0.5, 0.6) is 0 Å². The van der Waals surface area contributed by atoms with Gasteiger partial charge in [-0.2, -0.15) is 0 Å². The third kappa shape index (κ3) is 4.76. The first-order valence-electron chi connectivity index (χ1n) is 7.83. The van der Waals surface area contributed by atoms with Crippen LogP contribution in [0.3, 0.4) is 0 Å². The summed E-state index contributed by atoms with van der Waals surface area (Å²) in [5, 5.41) is 9.10. The van der Waals surface area contributed by atoms with Gasteiger partial charge >= 0.3 is 5.97 Å². The highest BCUT2D eigenvalue weighted by atomic mass is 32.2. The molecule has 0 spiro atoms. The van der Waals surface area contributed by atoms with Crippen LogP contribution in [0.2, 0.25) is 0 Å². The summed E-state index contributed by atoms with van der Waals surface area (Å²) in [6.07, 6.45) is 1.79. The molecule has 128 valence electrons. The first-order chi connectivity index (χ1) is 10.8. The summed E-state index contributed by atoms with van der Waals surface area (Å²) in [5.74, 6) is -0.711. The lowest BCUT2D eigenvalue weighted by Gasteiger charge is -2.35. The van der Waals surface area contributed by atoms with Gasteiger partial charge in [-0.1, -0.05) is 17.7 Å². The fraction of sp³-hybridized carbons (Fsp3) is 0.562. The Bertz CT molecular complexity index is 643. The van der Waals surface area contributed by atoms with Gasteiger partial charge in [-0.25, -0.2) is 13.1 Å². The van der Waals surface area contributed by atoms with E-state index >= 15 is 0 Å². The van der Waals surface area contributed by atoms with Gasteiger partial charge in [0.15, 0.2) is 0 Å². The average Bonchev–Trinajstić information content (AvgIpc) is 2.53. The van der Waals surface area contributed by atoms with Gasteiger partial charge in [0.25, 0.3) is 0 Å². The molecular formula is C16H24N2O4S. The molecule has 0 aliphatic carbocycles. The topological polar surface area (TPSA) is 86.7 Å². The minimum absolute atomic E-state index is 0.130. The molecule has 7 heteroatoms. The highest BCUT2D eigenvalue weighted by molar-refractivity contribution is 7.89. The van der Waals surface area contributed by atoms with Crippen LogP contribution in [0.1, 0.15) is 25.3 Å². The maximum atomic E-state index is 12.3. The Labute approximate surface area is 137 Å².